The summed E-state index contributed by atoms with van der Waals surface area (Å²) < 4.78 is 66.9. The zero-order chi connectivity index (χ0) is 19.7. The highest BCUT2D eigenvalue weighted by Crippen LogP contribution is 2.30. The van der Waals surface area contributed by atoms with E-state index in [1.54, 1.807) is 24.3 Å². The van der Waals surface area contributed by atoms with Crippen LogP contribution in [0.2, 0.25) is 0 Å². The second kappa shape index (κ2) is 7.61. The number of ether oxygens (including phenoxy) is 1. The number of halogens is 3. The smallest absolute Gasteiger partial charge is 0.372 e. The Morgan fingerprint density at radius 2 is 1.67 bits per heavy atom. The molecule has 2 aromatic rings. The minimum absolute atomic E-state index is 0.0491. The molecule has 0 amide bonds. The van der Waals surface area contributed by atoms with Gasteiger partial charge in [0, 0.05) is 25.3 Å². The van der Waals surface area contributed by atoms with Gasteiger partial charge in [-0.05, 0) is 35.4 Å². The van der Waals surface area contributed by atoms with E-state index in [9.17, 15) is 21.6 Å². The van der Waals surface area contributed by atoms with Crippen LogP contribution in [0.4, 0.5) is 13.2 Å². The zero-order valence-corrected chi connectivity index (χ0v) is 15.5. The Hall–Kier alpha value is -1.90. The lowest BCUT2D eigenvalue weighted by Crippen LogP contribution is -2.21. The van der Waals surface area contributed by atoms with Crippen molar-refractivity contribution in [2.75, 3.05) is 19.3 Å². The first-order valence-corrected chi connectivity index (χ1v) is 10.3. The molecule has 0 aliphatic carbocycles. The third-order valence-corrected chi connectivity index (χ3v) is 5.77. The Morgan fingerprint density at radius 3 is 2.22 bits per heavy atom. The lowest BCUT2D eigenvalue weighted by molar-refractivity contribution is -0.137. The molecule has 1 fully saturated rings. The number of rotatable bonds is 5. The third-order valence-electron chi connectivity index (χ3n) is 4.64. The molecule has 2 atom stereocenters. The van der Waals surface area contributed by atoms with Gasteiger partial charge in [-0.2, -0.15) is 13.2 Å². The molecule has 27 heavy (non-hydrogen) atoms. The predicted molar refractivity (Wildman–Crippen MR) is 95.2 cm³/mol. The Morgan fingerprint density at radius 1 is 1.04 bits per heavy atom. The van der Waals surface area contributed by atoms with E-state index in [4.69, 9.17) is 4.74 Å². The van der Waals surface area contributed by atoms with Gasteiger partial charge in [-0.1, -0.05) is 24.3 Å². The summed E-state index contributed by atoms with van der Waals surface area (Å²) in [5, 5.41) is 3.24. The van der Waals surface area contributed by atoms with Crippen molar-refractivity contribution in [1.29, 1.82) is 0 Å². The summed E-state index contributed by atoms with van der Waals surface area (Å²) in [5.74, 6) is 0.0491. The molecular formula is C19H20F3NO3S. The van der Waals surface area contributed by atoms with Crippen LogP contribution in [-0.2, 0) is 27.4 Å². The van der Waals surface area contributed by atoms with E-state index in [-0.39, 0.29) is 23.5 Å². The molecule has 146 valence electrons. The van der Waals surface area contributed by atoms with Gasteiger partial charge in [-0.3, -0.25) is 0 Å². The zero-order valence-electron chi connectivity index (χ0n) is 14.7. The predicted octanol–water partition coefficient (Wildman–Crippen LogP) is 3.38. The molecule has 0 radical (unpaired) electrons. The second-order valence-electron chi connectivity index (χ2n) is 6.65. The van der Waals surface area contributed by atoms with Crippen molar-refractivity contribution in [3.63, 3.8) is 0 Å². The summed E-state index contributed by atoms with van der Waals surface area (Å²) in [6.45, 7) is 1.53. The first-order valence-electron chi connectivity index (χ1n) is 8.43. The monoisotopic (exact) mass is 399 g/mol. The molecule has 0 aromatic heterocycles. The maximum Gasteiger partial charge on any atom is 0.416 e. The van der Waals surface area contributed by atoms with Crippen molar-refractivity contribution in [3.05, 3.63) is 65.2 Å². The molecule has 0 spiro atoms. The van der Waals surface area contributed by atoms with Gasteiger partial charge in [-0.15, -0.1) is 0 Å². The van der Waals surface area contributed by atoms with E-state index in [0.717, 1.165) is 24.0 Å². The van der Waals surface area contributed by atoms with Crippen molar-refractivity contribution in [1.82, 2.24) is 5.32 Å². The van der Waals surface area contributed by atoms with Gasteiger partial charge >= 0.3 is 6.18 Å². The summed E-state index contributed by atoms with van der Waals surface area (Å²) in [5.41, 5.74) is 0.948. The fourth-order valence-corrected chi connectivity index (χ4v) is 3.75. The summed E-state index contributed by atoms with van der Waals surface area (Å²) in [6, 6.07) is 11.7. The Bertz CT molecular complexity index is 878. The van der Waals surface area contributed by atoms with Crippen LogP contribution in [-0.4, -0.2) is 33.9 Å². The van der Waals surface area contributed by atoms with Crippen molar-refractivity contribution >= 4 is 9.84 Å². The highest BCUT2D eigenvalue weighted by Gasteiger charge is 2.31. The van der Waals surface area contributed by atoms with Crippen molar-refractivity contribution in [3.8, 4) is 0 Å². The molecule has 0 bridgehead atoms. The lowest BCUT2D eigenvalue weighted by Gasteiger charge is -2.20. The average molecular weight is 399 g/mol. The molecule has 3 rings (SSSR count). The SMILES string of the molecule is CS(=O)(=O)c1ccc(C2CNCC2OCc2ccc(C(F)(F)F)cc2)cc1. The van der Waals surface area contributed by atoms with Crippen LogP contribution < -0.4 is 5.32 Å². The number of hydrogen-bond donors (Lipinski definition) is 1. The van der Waals surface area contributed by atoms with Crippen LogP contribution in [0.3, 0.4) is 0 Å². The first-order chi connectivity index (χ1) is 12.6. The summed E-state index contributed by atoms with van der Waals surface area (Å²) in [4.78, 5) is 0.263. The van der Waals surface area contributed by atoms with E-state index in [1.165, 1.54) is 12.1 Å². The summed E-state index contributed by atoms with van der Waals surface area (Å²) in [7, 11) is -3.24. The lowest BCUT2D eigenvalue weighted by atomic mass is 9.96. The number of nitrogens with one attached hydrogen (secondary N) is 1. The molecule has 2 unspecified atom stereocenters. The van der Waals surface area contributed by atoms with Crippen LogP contribution in [0.5, 0.6) is 0 Å². The van der Waals surface area contributed by atoms with E-state index in [1.807, 2.05) is 0 Å². The van der Waals surface area contributed by atoms with Crippen molar-refractivity contribution < 1.29 is 26.3 Å². The number of hydrogen-bond acceptors (Lipinski definition) is 4. The molecule has 1 saturated heterocycles. The van der Waals surface area contributed by atoms with Crippen molar-refractivity contribution in [2.24, 2.45) is 0 Å². The van der Waals surface area contributed by atoms with Crippen LogP contribution in [0, 0.1) is 0 Å². The number of sulfone groups is 1. The van der Waals surface area contributed by atoms with Crippen LogP contribution in [0.1, 0.15) is 22.6 Å². The van der Waals surface area contributed by atoms with Gasteiger partial charge < -0.3 is 10.1 Å². The van der Waals surface area contributed by atoms with Crippen LogP contribution >= 0.6 is 0 Å². The normalized spacial score (nSPS) is 20.7. The van der Waals surface area contributed by atoms with E-state index >= 15 is 0 Å². The van der Waals surface area contributed by atoms with Crippen molar-refractivity contribution in [2.45, 2.75) is 29.7 Å². The molecule has 4 nitrogen and oxygen atoms in total. The fraction of sp³-hybridized carbons (Fsp3) is 0.368. The minimum Gasteiger partial charge on any atom is -0.372 e. The topological polar surface area (TPSA) is 55.4 Å². The van der Waals surface area contributed by atoms with Gasteiger partial charge in [-0.25, -0.2) is 8.42 Å². The highest BCUT2D eigenvalue weighted by molar-refractivity contribution is 7.90. The number of benzene rings is 2. The minimum atomic E-state index is -4.35. The van der Waals surface area contributed by atoms with Gasteiger partial charge in [0.15, 0.2) is 9.84 Å². The highest BCUT2D eigenvalue weighted by atomic mass is 32.2. The summed E-state index contributed by atoms with van der Waals surface area (Å²) >= 11 is 0. The van der Waals surface area contributed by atoms with E-state index < -0.39 is 21.6 Å². The number of alkyl halides is 3. The van der Waals surface area contributed by atoms with Gasteiger partial charge in [0.05, 0.1) is 23.2 Å². The molecule has 1 N–H and O–H groups in total. The van der Waals surface area contributed by atoms with Gasteiger partial charge in [0.2, 0.25) is 0 Å². The fourth-order valence-electron chi connectivity index (χ4n) is 3.12. The third kappa shape index (κ3) is 4.88. The quantitative estimate of drug-likeness (QED) is 0.838. The van der Waals surface area contributed by atoms with E-state index in [0.29, 0.717) is 18.7 Å². The molecule has 1 heterocycles. The Kier molecular flexibility index (Phi) is 5.60. The summed E-state index contributed by atoms with van der Waals surface area (Å²) in [6.07, 6.45) is -3.33. The first kappa shape index (κ1) is 19.9. The van der Waals surface area contributed by atoms with Gasteiger partial charge in [0.1, 0.15) is 0 Å². The van der Waals surface area contributed by atoms with Gasteiger partial charge in [0.25, 0.3) is 0 Å². The molecule has 1 aliphatic rings. The molecule has 8 heteroatoms. The molecular weight excluding hydrogens is 379 g/mol. The molecule has 1 aliphatic heterocycles. The van der Waals surface area contributed by atoms with Crippen LogP contribution in [0.25, 0.3) is 0 Å². The molecule has 2 aromatic carbocycles. The Labute approximate surface area is 156 Å². The maximum atomic E-state index is 12.6. The largest absolute Gasteiger partial charge is 0.416 e. The standard InChI is InChI=1S/C19H20F3NO3S/c1-27(24,25)16-8-4-14(5-9-16)17-10-23-11-18(17)26-12-13-2-6-15(7-3-13)19(20,21)22/h2-9,17-18,23H,10-12H2,1H3. The Balaban J connectivity index is 1.65. The maximum absolute atomic E-state index is 12.6. The molecule has 0 saturated carbocycles. The average Bonchev–Trinajstić information content (AvgIpc) is 3.07. The second-order valence-corrected chi connectivity index (χ2v) is 8.67. The van der Waals surface area contributed by atoms with Crippen LogP contribution in [0.15, 0.2) is 53.4 Å². The van der Waals surface area contributed by atoms with E-state index in [2.05, 4.69) is 5.32 Å².